The molecule has 0 aromatic carbocycles. The summed E-state index contributed by atoms with van der Waals surface area (Å²) in [4.78, 5) is 0. The van der Waals surface area contributed by atoms with Crippen molar-refractivity contribution in [2.24, 2.45) is 5.92 Å². The Labute approximate surface area is 90.1 Å². The van der Waals surface area contributed by atoms with Gasteiger partial charge in [0.05, 0.1) is 0 Å². The van der Waals surface area contributed by atoms with Crippen LogP contribution in [0.2, 0.25) is 0 Å². The minimum absolute atomic E-state index is 0.588. The third kappa shape index (κ3) is 1.78. The standard InChI is InChI=1S/C11H18N4/c1-8-13-14-11(10-4-5-12-6-10)15(8)7-9-2-3-9/h9-10,12H,2-7H2,1H3. The summed E-state index contributed by atoms with van der Waals surface area (Å²) in [5.74, 6) is 3.78. The van der Waals surface area contributed by atoms with Gasteiger partial charge in [0, 0.05) is 19.0 Å². The van der Waals surface area contributed by atoms with E-state index in [2.05, 4.69) is 27.0 Å². The second kappa shape index (κ2) is 3.59. The van der Waals surface area contributed by atoms with Gasteiger partial charge in [-0.15, -0.1) is 10.2 Å². The zero-order chi connectivity index (χ0) is 10.3. The van der Waals surface area contributed by atoms with E-state index >= 15 is 0 Å². The van der Waals surface area contributed by atoms with E-state index in [0.29, 0.717) is 5.92 Å². The number of hydrogen-bond donors (Lipinski definition) is 1. The maximum absolute atomic E-state index is 4.35. The second-order valence-electron chi connectivity index (χ2n) is 4.85. The van der Waals surface area contributed by atoms with Gasteiger partial charge in [-0.05, 0) is 38.6 Å². The van der Waals surface area contributed by atoms with Crippen LogP contribution in [0.5, 0.6) is 0 Å². The maximum atomic E-state index is 4.35. The molecule has 4 heteroatoms. The SMILES string of the molecule is Cc1nnc(C2CCNC2)n1CC1CC1. The molecule has 2 heterocycles. The Balaban J connectivity index is 1.84. The molecule has 3 rings (SSSR count). The molecule has 1 aromatic rings. The highest BCUT2D eigenvalue weighted by molar-refractivity contribution is 5.05. The third-order valence-corrected chi connectivity index (χ3v) is 3.53. The fraction of sp³-hybridized carbons (Fsp3) is 0.818. The average Bonchev–Trinajstić information content (AvgIpc) is 2.75. The number of aromatic nitrogens is 3. The van der Waals surface area contributed by atoms with Crippen LogP contribution in [-0.4, -0.2) is 27.9 Å². The molecule has 1 aliphatic heterocycles. The van der Waals surface area contributed by atoms with Crippen LogP contribution in [0.3, 0.4) is 0 Å². The molecule has 1 aromatic heterocycles. The lowest BCUT2D eigenvalue weighted by Crippen LogP contribution is -2.14. The Morgan fingerprint density at radius 3 is 2.87 bits per heavy atom. The first kappa shape index (κ1) is 9.33. The Hall–Kier alpha value is -0.900. The van der Waals surface area contributed by atoms with E-state index in [1.807, 2.05) is 0 Å². The molecule has 1 saturated heterocycles. The second-order valence-corrected chi connectivity index (χ2v) is 4.85. The zero-order valence-electron chi connectivity index (χ0n) is 9.24. The van der Waals surface area contributed by atoms with Crippen molar-refractivity contribution in [3.8, 4) is 0 Å². The highest BCUT2D eigenvalue weighted by Crippen LogP contribution is 2.32. The average molecular weight is 206 g/mol. The summed E-state index contributed by atoms with van der Waals surface area (Å²) in [5, 5.41) is 12.0. The predicted octanol–water partition coefficient (Wildman–Crippen LogP) is 1.07. The molecule has 0 bridgehead atoms. The van der Waals surface area contributed by atoms with Crippen LogP contribution in [0.4, 0.5) is 0 Å². The summed E-state index contributed by atoms with van der Waals surface area (Å²) in [7, 11) is 0. The summed E-state index contributed by atoms with van der Waals surface area (Å²) < 4.78 is 2.34. The molecule has 1 aliphatic carbocycles. The molecule has 15 heavy (non-hydrogen) atoms. The number of rotatable bonds is 3. The normalized spacial score (nSPS) is 26.1. The van der Waals surface area contributed by atoms with E-state index in [1.165, 1.54) is 25.1 Å². The maximum Gasteiger partial charge on any atom is 0.137 e. The lowest BCUT2D eigenvalue weighted by molar-refractivity contribution is 0.551. The Morgan fingerprint density at radius 1 is 1.33 bits per heavy atom. The number of aryl methyl sites for hydroxylation is 1. The van der Waals surface area contributed by atoms with E-state index in [-0.39, 0.29) is 0 Å². The quantitative estimate of drug-likeness (QED) is 0.804. The summed E-state index contributed by atoms with van der Waals surface area (Å²) >= 11 is 0. The summed E-state index contributed by atoms with van der Waals surface area (Å²) in [6.45, 7) is 5.41. The predicted molar refractivity (Wildman–Crippen MR) is 57.7 cm³/mol. The van der Waals surface area contributed by atoms with Crippen molar-refractivity contribution >= 4 is 0 Å². The first-order valence-corrected chi connectivity index (χ1v) is 5.95. The van der Waals surface area contributed by atoms with Gasteiger partial charge in [-0.3, -0.25) is 0 Å². The fourth-order valence-electron chi connectivity index (χ4n) is 2.36. The molecule has 82 valence electrons. The Kier molecular flexibility index (Phi) is 2.24. The van der Waals surface area contributed by atoms with Gasteiger partial charge < -0.3 is 9.88 Å². The number of nitrogens with one attached hydrogen (secondary N) is 1. The minimum Gasteiger partial charge on any atom is -0.316 e. The van der Waals surface area contributed by atoms with Crippen molar-refractivity contribution in [2.75, 3.05) is 13.1 Å². The lowest BCUT2D eigenvalue weighted by Gasteiger charge is -2.11. The molecule has 0 spiro atoms. The van der Waals surface area contributed by atoms with E-state index in [1.54, 1.807) is 0 Å². The highest BCUT2D eigenvalue weighted by atomic mass is 15.3. The summed E-state index contributed by atoms with van der Waals surface area (Å²) in [5.41, 5.74) is 0. The zero-order valence-corrected chi connectivity index (χ0v) is 9.24. The Morgan fingerprint density at radius 2 is 2.20 bits per heavy atom. The lowest BCUT2D eigenvalue weighted by atomic mass is 10.1. The topological polar surface area (TPSA) is 42.7 Å². The van der Waals surface area contributed by atoms with Crippen LogP contribution in [0.15, 0.2) is 0 Å². The molecular weight excluding hydrogens is 188 g/mol. The third-order valence-electron chi connectivity index (χ3n) is 3.53. The van der Waals surface area contributed by atoms with E-state index < -0.39 is 0 Å². The van der Waals surface area contributed by atoms with Crippen molar-refractivity contribution in [1.82, 2.24) is 20.1 Å². The van der Waals surface area contributed by atoms with Gasteiger partial charge in [-0.2, -0.15) is 0 Å². The summed E-state index contributed by atoms with van der Waals surface area (Å²) in [6, 6.07) is 0. The van der Waals surface area contributed by atoms with Crippen LogP contribution in [0.25, 0.3) is 0 Å². The van der Waals surface area contributed by atoms with Gasteiger partial charge in [-0.25, -0.2) is 0 Å². The smallest absolute Gasteiger partial charge is 0.137 e. The van der Waals surface area contributed by atoms with Gasteiger partial charge in [-0.1, -0.05) is 0 Å². The van der Waals surface area contributed by atoms with Crippen molar-refractivity contribution in [3.63, 3.8) is 0 Å². The molecule has 1 unspecified atom stereocenters. The molecule has 1 atom stereocenters. The van der Waals surface area contributed by atoms with E-state index in [0.717, 1.165) is 31.4 Å². The number of hydrogen-bond acceptors (Lipinski definition) is 3. The first-order valence-electron chi connectivity index (χ1n) is 5.95. The van der Waals surface area contributed by atoms with Gasteiger partial charge in [0.15, 0.2) is 0 Å². The van der Waals surface area contributed by atoms with Crippen molar-refractivity contribution in [2.45, 2.75) is 38.6 Å². The van der Waals surface area contributed by atoms with Crippen LogP contribution in [0.1, 0.15) is 36.8 Å². The van der Waals surface area contributed by atoms with Gasteiger partial charge >= 0.3 is 0 Å². The Bertz CT molecular complexity index is 347. The van der Waals surface area contributed by atoms with Gasteiger partial charge in [0.1, 0.15) is 11.6 Å². The van der Waals surface area contributed by atoms with E-state index in [4.69, 9.17) is 0 Å². The van der Waals surface area contributed by atoms with Crippen LogP contribution >= 0.6 is 0 Å². The first-order chi connectivity index (χ1) is 7.34. The van der Waals surface area contributed by atoms with E-state index in [9.17, 15) is 0 Å². The van der Waals surface area contributed by atoms with Crippen LogP contribution in [0, 0.1) is 12.8 Å². The van der Waals surface area contributed by atoms with Crippen molar-refractivity contribution in [1.29, 1.82) is 0 Å². The molecule has 4 nitrogen and oxygen atoms in total. The van der Waals surface area contributed by atoms with Crippen molar-refractivity contribution < 1.29 is 0 Å². The molecule has 2 fully saturated rings. The van der Waals surface area contributed by atoms with Gasteiger partial charge in [0.2, 0.25) is 0 Å². The molecular formula is C11H18N4. The fourth-order valence-corrected chi connectivity index (χ4v) is 2.36. The molecule has 0 amide bonds. The monoisotopic (exact) mass is 206 g/mol. The molecule has 1 saturated carbocycles. The highest BCUT2D eigenvalue weighted by Gasteiger charge is 2.27. The van der Waals surface area contributed by atoms with Gasteiger partial charge in [0.25, 0.3) is 0 Å². The van der Waals surface area contributed by atoms with Crippen LogP contribution < -0.4 is 5.32 Å². The molecule has 2 aliphatic rings. The minimum atomic E-state index is 0.588. The van der Waals surface area contributed by atoms with Crippen LogP contribution in [-0.2, 0) is 6.54 Å². The van der Waals surface area contributed by atoms with Crippen molar-refractivity contribution in [3.05, 3.63) is 11.6 Å². The summed E-state index contributed by atoms with van der Waals surface area (Å²) in [6.07, 6.45) is 3.99. The largest absolute Gasteiger partial charge is 0.316 e. The molecule has 1 N–H and O–H groups in total. The number of nitrogens with zero attached hydrogens (tertiary/aromatic N) is 3. The molecule has 0 radical (unpaired) electrons.